The molecule has 0 fully saturated rings. The summed E-state index contributed by atoms with van der Waals surface area (Å²) < 4.78 is 0. The molecule has 3 nitrogen and oxygen atoms in total. The molecule has 70 valence electrons. The van der Waals surface area contributed by atoms with E-state index < -0.39 is 5.97 Å². The van der Waals surface area contributed by atoms with Crippen molar-refractivity contribution in [2.75, 3.05) is 0 Å². The number of aromatic nitrogens is 1. The van der Waals surface area contributed by atoms with Crippen LogP contribution in [0.5, 0.6) is 0 Å². The second-order valence-electron chi connectivity index (χ2n) is 2.80. The highest BCUT2D eigenvalue weighted by Gasteiger charge is 2.12. The zero-order valence-electron chi connectivity index (χ0n) is 7.07. The Morgan fingerprint density at radius 3 is 2.86 bits per heavy atom. The number of pyridine rings is 1. The molecule has 0 amide bonds. The molecule has 0 unspecified atom stereocenters. The summed E-state index contributed by atoms with van der Waals surface area (Å²) in [6, 6.07) is 6.62. The van der Waals surface area contributed by atoms with Gasteiger partial charge in [0.05, 0.1) is 16.1 Å². The van der Waals surface area contributed by atoms with Crippen molar-refractivity contribution < 1.29 is 9.90 Å². The highest BCUT2D eigenvalue weighted by atomic mass is 35.5. The van der Waals surface area contributed by atoms with Crippen LogP contribution >= 0.6 is 11.6 Å². The van der Waals surface area contributed by atoms with Gasteiger partial charge in [-0.25, -0.2) is 4.79 Å². The monoisotopic (exact) mass is 207 g/mol. The molecule has 0 radical (unpaired) electrons. The van der Waals surface area contributed by atoms with Gasteiger partial charge in [-0.1, -0.05) is 17.7 Å². The van der Waals surface area contributed by atoms with Crippen LogP contribution in [0.15, 0.2) is 30.5 Å². The smallest absolute Gasteiger partial charge is 0.337 e. The van der Waals surface area contributed by atoms with Gasteiger partial charge in [0.1, 0.15) is 0 Å². The standard InChI is InChI=1S/C10H6ClNO2/c11-7-3-4-8-6(2-1-5-12-8)9(7)10(13)14/h1-5H,(H,13,14). The summed E-state index contributed by atoms with van der Waals surface area (Å²) in [5.74, 6) is -1.03. The lowest BCUT2D eigenvalue weighted by Crippen LogP contribution is -1.99. The largest absolute Gasteiger partial charge is 0.478 e. The van der Waals surface area contributed by atoms with Gasteiger partial charge in [0.25, 0.3) is 0 Å². The first-order valence-electron chi connectivity index (χ1n) is 3.96. The lowest BCUT2D eigenvalue weighted by molar-refractivity contribution is 0.0699. The Balaban J connectivity index is 2.90. The molecular formula is C10H6ClNO2. The zero-order chi connectivity index (χ0) is 10.1. The van der Waals surface area contributed by atoms with Crippen LogP contribution in [0, 0.1) is 0 Å². The number of hydrogen-bond acceptors (Lipinski definition) is 2. The summed E-state index contributed by atoms with van der Waals surface area (Å²) in [7, 11) is 0. The van der Waals surface area contributed by atoms with E-state index in [1.807, 2.05) is 0 Å². The molecule has 0 bridgehead atoms. The molecular weight excluding hydrogens is 202 g/mol. The summed E-state index contributed by atoms with van der Waals surface area (Å²) in [5.41, 5.74) is 0.742. The van der Waals surface area contributed by atoms with Crippen molar-refractivity contribution in [2.24, 2.45) is 0 Å². The van der Waals surface area contributed by atoms with Crippen molar-refractivity contribution in [3.8, 4) is 0 Å². The Hall–Kier alpha value is -1.61. The van der Waals surface area contributed by atoms with Crippen molar-refractivity contribution in [3.05, 3.63) is 41.0 Å². The summed E-state index contributed by atoms with van der Waals surface area (Å²) in [6.45, 7) is 0. The van der Waals surface area contributed by atoms with Gasteiger partial charge in [-0.3, -0.25) is 4.98 Å². The molecule has 0 aliphatic carbocycles. The Bertz CT molecular complexity index is 510. The van der Waals surface area contributed by atoms with E-state index in [-0.39, 0.29) is 10.6 Å². The average molecular weight is 208 g/mol. The average Bonchev–Trinajstić information content (AvgIpc) is 2.17. The highest BCUT2D eigenvalue weighted by Crippen LogP contribution is 2.24. The fraction of sp³-hybridized carbons (Fsp3) is 0. The number of carbonyl (C=O) groups is 1. The van der Waals surface area contributed by atoms with Crippen LogP contribution in [0.2, 0.25) is 5.02 Å². The molecule has 0 atom stereocenters. The van der Waals surface area contributed by atoms with Crippen molar-refractivity contribution in [2.45, 2.75) is 0 Å². The Morgan fingerprint density at radius 2 is 2.14 bits per heavy atom. The van der Waals surface area contributed by atoms with Crippen LogP contribution in [0.1, 0.15) is 10.4 Å². The number of benzene rings is 1. The number of halogens is 1. The summed E-state index contributed by atoms with van der Waals surface area (Å²) in [6.07, 6.45) is 1.61. The molecule has 1 aromatic carbocycles. The summed E-state index contributed by atoms with van der Waals surface area (Å²) in [5, 5.41) is 9.75. The molecule has 0 aliphatic heterocycles. The first-order chi connectivity index (χ1) is 6.70. The van der Waals surface area contributed by atoms with Gasteiger partial charge in [0, 0.05) is 11.6 Å². The molecule has 1 heterocycles. The topological polar surface area (TPSA) is 50.2 Å². The van der Waals surface area contributed by atoms with Crippen molar-refractivity contribution in [1.82, 2.24) is 4.98 Å². The molecule has 2 rings (SSSR count). The lowest BCUT2D eigenvalue weighted by atomic mass is 10.1. The number of carboxylic acid groups (broad SMARTS) is 1. The van der Waals surface area contributed by atoms with Gasteiger partial charge in [0.15, 0.2) is 0 Å². The number of carboxylic acids is 1. The first kappa shape index (κ1) is 8.97. The van der Waals surface area contributed by atoms with Gasteiger partial charge < -0.3 is 5.11 Å². The third-order valence-corrected chi connectivity index (χ3v) is 2.26. The van der Waals surface area contributed by atoms with E-state index >= 15 is 0 Å². The van der Waals surface area contributed by atoms with Crippen LogP contribution in [0.4, 0.5) is 0 Å². The molecule has 1 aromatic heterocycles. The predicted octanol–water partition coefficient (Wildman–Crippen LogP) is 2.59. The molecule has 14 heavy (non-hydrogen) atoms. The van der Waals surface area contributed by atoms with Gasteiger partial charge in [0.2, 0.25) is 0 Å². The molecule has 4 heteroatoms. The van der Waals surface area contributed by atoms with E-state index in [1.165, 1.54) is 0 Å². The van der Waals surface area contributed by atoms with E-state index in [4.69, 9.17) is 16.7 Å². The Kier molecular flexibility index (Phi) is 2.09. The second-order valence-corrected chi connectivity index (χ2v) is 3.20. The van der Waals surface area contributed by atoms with Crippen LogP contribution in [-0.4, -0.2) is 16.1 Å². The van der Waals surface area contributed by atoms with Crippen LogP contribution in [0.25, 0.3) is 10.9 Å². The van der Waals surface area contributed by atoms with E-state index in [0.29, 0.717) is 10.9 Å². The predicted molar refractivity (Wildman–Crippen MR) is 53.7 cm³/mol. The SMILES string of the molecule is O=C(O)c1c(Cl)ccc2ncccc12. The minimum absolute atomic E-state index is 0.109. The zero-order valence-corrected chi connectivity index (χ0v) is 7.82. The van der Waals surface area contributed by atoms with Crippen LogP contribution in [-0.2, 0) is 0 Å². The fourth-order valence-corrected chi connectivity index (χ4v) is 1.59. The van der Waals surface area contributed by atoms with E-state index in [1.54, 1.807) is 30.5 Å². The number of hydrogen-bond donors (Lipinski definition) is 1. The van der Waals surface area contributed by atoms with E-state index in [9.17, 15) is 4.79 Å². The maximum Gasteiger partial charge on any atom is 0.337 e. The quantitative estimate of drug-likeness (QED) is 0.782. The fourth-order valence-electron chi connectivity index (χ4n) is 1.34. The maximum absolute atomic E-state index is 10.9. The third kappa shape index (κ3) is 1.32. The number of aromatic carboxylic acids is 1. The summed E-state index contributed by atoms with van der Waals surface area (Å²) >= 11 is 5.79. The molecule has 0 spiro atoms. The minimum Gasteiger partial charge on any atom is -0.478 e. The Labute approximate surface area is 85.0 Å². The normalized spacial score (nSPS) is 10.4. The first-order valence-corrected chi connectivity index (χ1v) is 4.34. The van der Waals surface area contributed by atoms with Crippen molar-refractivity contribution in [3.63, 3.8) is 0 Å². The molecule has 2 aromatic rings. The Morgan fingerprint density at radius 1 is 1.36 bits per heavy atom. The molecule has 0 saturated carbocycles. The van der Waals surface area contributed by atoms with E-state index in [0.717, 1.165) is 0 Å². The highest BCUT2D eigenvalue weighted by molar-refractivity contribution is 6.35. The maximum atomic E-state index is 10.9. The van der Waals surface area contributed by atoms with Crippen LogP contribution in [0.3, 0.4) is 0 Å². The lowest BCUT2D eigenvalue weighted by Gasteiger charge is -2.02. The second kappa shape index (κ2) is 3.27. The number of nitrogens with zero attached hydrogens (tertiary/aromatic N) is 1. The van der Waals surface area contributed by atoms with Gasteiger partial charge in [-0.05, 0) is 18.2 Å². The van der Waals surface area contributed by atoms with Crippen LogP contribution < -0.4 is 0 Å². The van der Waals surface area contributed by atoms with Crippen molar-refractivity contribution >= 4 is 28.5 Å². The summed E-state index contributed by atoms with van der Waals surface area (Å²) in [4.78, 5) is 15.0. The molecule has 0 aliphatic rings. The van der Waals surface area contributed by atoms with E-state index in [2.05, 4.69) is 4.98 Å². The number of rotatable bonds is 1. The van der Waals surface area contributed by atoms with Gasteiger partial charge in [-0.15, -0.1) is 0 Å². The molecule has 1 N–H and O–H groups in total. The number of fused-ring (bicyclic) bond motifs is 1. The van der Waals surface area contributed by atoms with Gasteiger partial charge in [-0.2, -0.15) is 0 Å². The van der Waals surface area contributed by atoms with Gasteiger partial charge >= 0.3 is 5.97 Å². The van der Waals surface area contributed by atoms with Crippen molar-refractivity contribution in [1.29, 1.82) is 0 Å². The minimum atomic E-state index is -1.03. The third-order valence-electron chi connectivity index (χ3n) is 1.95. The molecule has 0 saturated heterocycles.